The molecular weight excluding hydrogens is 308 g/mol. The number of carbonyl (C=O) groups excluding carboxylic acids is 2. The first-order valence-corrected chi connectivity index (χ1v) is 7.63. The molecule has 0 saturated heterocycles. The second kappa shape index (κ2) is 6.74. The summed E-state index contributed by atoms with van der Waals surface area (Å²) in [5.41, 5.74) is 5.82. The van der Waals surface area contributed by atoms with Crippen molar-refractivity contribution in [2.45, 2.75) is 33.4 Å². The summed E-state index contributed by atoms with van der Waals surface area (Å²) in [7, 11) is 0. The van der Waals surface area contributed by atoms with Crippen LogP contribution in [-0.4, -0.2) is 23.0 Å². The quantitative estimate of drug-likeness (QED) is 0.675. The molecule has 0 bridgehead atoms. The van der Waals surface area contributed by atoms with Crippen LogP contribution in [0.25, 0.3) is 10.9 Å². The molecule has 0 aliphatic rings. The molecule has 1 heterocycles. The van der Waals surface area contributed by atoms with Crippen LogP contribution >= 0.6 is 0 Å². The molecule has 2 aromatic rings. The van der Waals surface area contributed by atoms with Crippen molar-refractivity contribution >= 4 is 22.8 Å². The van der Waals surface area contributed by atoms with E-state index in [1.807, 2.05) is 39.0 Å². The van der Waals surface area contributed by atoms with Crippen LogP contribution in [0.5, 0.6) is 0 Å². The molecule has 0 fully saturated rings. The number of pyridine rings is 1. The molecule has 5 N–H and O–H groups in total. The van der Waals surface area contributed by atoms with E-state index in [9.17, 15) is 14.4 Å². The Kier molecular flexibility index (Phi) is 4.92. The Morgan fingerprint density at radius 3 is 2.54 bits per heavy atom. The van der Waals surface area contributed by atoms with Gasteiger partial charge in [0.1, 0.15) is 6.04 Å². The molecule has 7 nitrogen and oxygen atoms in total. The first kappa shape index (κ1) is 17.5. The van der Waals surface area contributed by atoms with E-state index < -0.39 is 17.5 Å². The molecule has 2 rings (SSSR count). The lowest BCUT2D eigenvalue weighted by Gasteiger charge is -2.29. The average molecular weight is 330 g/mol. The number of benzene rings is 1. The summed E-state index contributed by atoms with van der Waals surface area (Å²) in [5, 5.41) is 6.09. The fraction of sp³-hybridized carbons (Fsp3) is 0.353. The number of H-pyrrole nitrogens is 1. The van der Waals surface area contributed by atoms with Crippen molar-refractivity contribution in [3.05, 3.63) is 46.2 Å². The summed E-state index contributed by atoms with van der Waals surface area (Å²) >= 11 is 0. The van der Waals surface area contributed by atoms with Crippen LogP contribution in [0, 0.1) is 5.41 Å². The SMILES string of the molecule is CC(C)(C)C(NC(N)=O)C(=O)NCc1cc(=O)[nH]c2ccccc12. The van der Waals surface area contributed by atoms with Crippen LogP contribution in [0.2, 0.25) is 0 Å². The highest BCUT2D eigenvalue weighted by atomic mass is 16.2. The van der Waals surface area contributed by atoms with Gasteiger partial charge in [-0.3, -0.25) is 9.59 Å². The highest BCUT2D eigenvalue weighted by Gasteiger charge is 2.32. The number of fused-ring (bicyclic) bond motifs is 1. The van der Waals surface area contributed by atoms with E-state index in [0.717, 1.165) is 5.39 Å². The van der Waals surface area contributed by atoms with Crippen LogP contribution in [0.1, 0.15) is 26.3 Å². The van der Waals surface area contributed by atoms with E-state index in [4.69, 9.17) is 5.73 Å². The van der Waals surface area contributed by atoms with Crippen LogP contribution in [0.4, 0.5) is 4.79 Å². The molecule has 24 heavy (non-hydrogen) atoms. The number of hydrogen-bond acceptors (Lipinski definition) is 3. The molecular formula is C17H22N4O3. The minimum absolute atomic E-state index is 0.177. The zero-order valence-electron chi connectivity index (χ0n) is 14.0. The Bertz CT molecular complexity index is 820. The molecule has 3 amide bonds. The van der Waals surface area contributed by atoms with Crippen molar-refractivity contribution in [3.63, 3.8) is 0 Å². The predicted octanol–water partition coefficient (Wildman–Crippen LogP) is 1.23. The minimum atomic E-state index is -0.775. The summed E-state index contributed by atoms with van der Waals surface area (Å²) in [6, 6.07) is 7.28. The minimum Gasteiger partial charge on any atom is -0.352 e. The number of rotatable bonds is 4. The van der Waals surface area contributed by atoms with Gasteiger partial charge in [0.25, 0.3) is 0 Å². The van der Waals surface area contributed by atoms with E-state index in [2.05, 4.69) is 15.6 Å². The first-order valence-electron chi connectivity index (χ1n) is 7.63. The summed E-state index contributed by atoms with van der Waals surface area (Å²) in [4.78, 5) is 38.1. The molecule has 1 aromatic heterocycles. The smallest absolute Gasteiger partial charge is 0.312 e. The van der Waals surface area contributed by atoms with E-state index >= 15 is 0 Å². The van der Waals surface area contributed by atoms with Crippen LogP contribution in [0.15, 0.2) is 35.1 Å². The number of urea groups is 1. The maximum atomic E-state index is 12.5. The van der Waals surface area contributed by atoms with Gasteiger partial charge in [-0.15, -0.1) is 0 Å². The normalized spacial score (nSPS) is 12.6. The Hall–Kier alpha value is -2.83. The van der Waals surface area contributed by atoms with Crippen LogP contribution in [-0.2, 0) is 11.3 Å². The Morgan fingerprint density at radius 1 is 1.25 bits per heavy atom. The first-order chi connectivity index (χ1) is 11.2. The number of nitrogens with one attached hydrogen (secondary N) is 3. The number of amides is 3. The van der Waals surface area contributed by atoms with Crippen LogP contribution < -0.4 is 21.9 Å². The van der Waals surface area contributed by atoms with Gasteiger partial charge < -0.3 is 21.4 Å². The molecule has 1 atom stereocenters. The number of aromatic nitrogens is 1. The number of carbonyl (C=O) groups is 2. The fourth-order valence-electron chi connectivity index (χ4n) is 2.53. The van der Waals surface area contributed by atoms with Gasteiger partial charge >= 0.3 is 6.03 Å². The molecule has 1 unspecified atom stereocenters. The molecule has 0 saturated carbocycles. The zero-order chi connectivity index (χ0) is 17.9. The molecule has 128 valence electrons. The second-order valence-corrected chi connectivity index (χ2v) is 6.73. The lowest BCUT2D eigenvalue weighted by molar-refractivity contribution is -0.125. The summed E-state index contributed by atoms with van der Waals surface area (Å²) in [6.07, 6.45) is 0. The van der Waals surface area contributed by atoms with Crippen molar-refractivity contribution < 1.29 is 9.59 Å². The predicted molar refractivity (Wildman–Crippen MR) is 92.4 cm³/mol. The fourth-order valence-corrected chi connectivity index (χ4v) is 2.53. The molecule has 7 heteroatoms. The van der Waals surface area contributed by atoms with Crippen molar-refractivity contribution in [3.8, 4) is 0 Å². The highest BCUT2D eigenvalue weighted by molar-refractivity contribution is 5.88. The standard InChI is InChI=1S/C17H22N4O3/c1-17(2,3)14(21-16(18)24)15(23)19-9-10-8-13(22)20-12-7-5-4-6-11(10)12/h4-8,14H,9H2,1-3H3,(H,19,23)(H,20,22)(H3,18,21,24). The van der Waals surface area contributed by atoms with Gasteiger partial charge in [0.05, 0.1) is 0 Å². The number of para-hydroxylation sites is 1. The van der Waals surface area contributed by atoms with Gasteiger partial charge in [-0.2, -0.15) is 0 Å². The third kappa shape index (κ3) is 4.13. The number of aromatic amines is 1. The van der Waals surface area contributed by atoms with Gasteiger partial charge in [0.2, 0.25) is 11.5 Å². The number of nitrogens with two attached hydrogens (primary N) is 1. The summed E-state index contributed by atoms with van der Waals surface area (Å²) in [5.74, 6) is -0.356. The maximum absolute atomic E-state index is 12.5. The molecule has 0 radical (unpaired) electrons. The van der Waals surface area contributed by atoms with Gasteiger partial charge in [-0.1, -0.05) is 39.0 Å². The lowest BCUT2D eigenvalue weighted by atomic mass is 9.86. The molecule has 1 aromatic carbocycles. The van der Waals surface area contributed by atoms with Crippen LogP contribution in [0.3, 0.4) is 0 Å². The Balaban J connectivity index is 2.22. The lowest BCUT2D eigenvalue weighted by Crippen LogP contribution is -2.54. The topological polar surface area (TPSA) is 117 Å². The molecule has 0 spiro atoms. The van der Waals surface area contributed by atoms with Gasteiger partial charge in [0, 0.05) is 23.5 Å². The Labute approximate surface area is 139 Å². The molecule has 0 aliphatic carbocycles. The largest absolute Gasteiger partial charge is 0.352 e. The monoisotopic (exact) mass is 330 g/mol. The third-order valence-corrected chi connectivity index (χ3v) is 3.70. The average Bonchev–Trinajstić information content (AvgIpc) is 2.48. The van der Waals surface area contributed by atoms with Gasteiger partial charge in [0.15, 0.2) is 0 Å². The number of primary amides is 1. The van der Waals surface area contributed by atoms with E-state index in [0.29, 0.717) is 11.1 Å². The number of hydrogen-bond donors (Lipinski definition) is 4. The zero-order valence-corrected chi connectivity index (χ0v) is 14.0. The van der Waals surface area contributed by atoms with Crippen molar-refractivity contribution in [1.82, 2.24) is 15.6 Å². The third-order valence-electron chi connectivity index (χ3n) is 3.70. The van der Waals surface area contributed by atoms with Crippen molar-refractivity contribution in [2.24, 2.45) is 11.1 Å². The van der Waals surface area contributed by atoms with E-state index in [1.165, 1.54) is 6.07 Å². The maximum Gasteiger partial charge on any atom is 0.312 e. The van der Waals surface area contributed by atoms with Gasteiger partial charge in [-0.25, -0.2) is 4.79 Å². The van der Waals surface area contributed by atoms with Gasteiger partial charge in [-0.05, 0) is 17.0 Å². The van der Waals surface area contributed by atoms with E-state index in [1.54, 1.807) is 6.07 Å². The molecule has 0 aliphatic heterocycles. The van der Waals surface area contributed by atoms with Crippen molar-refractivity contribution in [2.75, 3.05) is 0 Å². The Morgan fingerprint density at radius 2 is 1.92 bits per heavy atom. The second-order valence-electron chi connectivity index (χ2n) is 6.73. The summed E-state index contributed by atoms with van der Waals surface area (Å²) < 4.78 is 0. The van der Waals surface area contributed by atoms with E-state index in [-0.39, 0.29) is 18.0 Å². The summed E-state index contributed by atoms with van der Waals surface area (Å²) in [6.45, 7) is 5.66. The highest BCUT2D eigenvalue weighted by Crippen LogP contribution is 2.20. The van der Waals surface area contributed by atoms with Crippen molar-refractivity contribution in [1.29, 1.82) is 0 Å².